The molecular weight excluding hydrogens is 221 g/mol. The molecule has 13 heavy (non-hydrogen) atoms. The van der Waals surface area contributed by atoms with Gasteiger partial charge in [0.05, 0.1) is 0 Å². The predicted molar refractivity (Wildman–Crippen MR) is 45.8 cm³/mol. The summed E-state index contributed by atoms with van der Waals surface area (Å²) >= 11 is 10.5. The molecule has 0 amide bonds. The van der Waals surface area contributed by atoms with E-state index in [1.54, 1.807) is 0 Å². The van der Waals surface area contributed by atoms with Crippen LogP contribution in [0.15, 0.2) is 18.2 Å². The second-order valence-electron chi connectivity index (χ2n) is 2.37. The first-order valence-corrected chi connectivity index (χ1v) is 4.11. The molecule has 0 aliphatic heterocycles. The molecule has 0 aliphatic carbocycles. The third-order valence-corrected chi connectivity index (χ3v) is 2.16. The van der Waals surface area contributed by atoms with Gasteiger partial charge in [0.1, 0.15) is 17.0 Å². The van der Waals surface area contributed by atoms with Gasteiger partial charge < -0.3 is 0 Å². The van der Waals surface area contributed by atoms with Crippen LogP contribution < -0.4 is 0 Å². The SMILES string of the molecule is O=C(Cl)C(Cl)c1cc(F)cc(F)c1. The van der Waals surface area contributed by atoms with Crippen molar-refractivity contribution < 1.29 is 13.6 Å². The molecule has 0 radical (unpaired) electrons. The van der Waals surface area contributed by atoms with Gasteiger partial charge in [0.25, 0.3) is 0 Å². The molecule has 0 aromatic heterocycles. The topological polar surface area (TPSA) is 17.1 Å². The Balaban J connectivity index is 3.07. The fourth-order valence-corrected chi connectivity index (χ4v) is 1.10. The van der Waals surface area contributed by atoms with Crippen molar-refractivity contribution in [1.29, 1.82) is 0 Å². The summed E-state index contributed by atoms with van der Waals surface area (Å²) in [6.07, 6.45) is 0. The lowest BCUT2D eigenvalue weighted by Crippen LogP contribution is -2.00. The van der Waals surface area contributed by atoms with Crippen LogP contribution in [-0.4, -0.2) is 5.24 Å². The van der Waals surface area contributed by atoms with Crippen LogP contribution in [0.2, 0.25) is 0 Å². The van der Waals surface area contributed by atoms with Gasteiger partial charge in [-0.3, -0.25) is 4.79 Å². The first kappa shape index (κ1) is 10.4. The standard InChI is InChI=1S/C8H4Cl2F2O/c9-7(8(10)13)4-1-5(11)3-6(12)2-4/h1-3,7H. The number of alkyl halides is 1. The van der Waals surface area contributed by atoms with Gasteiger partial charge in [0, 0.05) is 6.07 Å². The molecule has 1 aromatic carbocycles. The van der Waals surface area contributed by atoms with E-state index in [0.29, 0.717) is 6.07 Å². The second kappa shape index (κ2) is 4.03. The van der Waals surface area contributed by atoms with Gasteiger partial charge in [-0.1, -0.05) is 0 Å². The molecule has 0 heterocycles. The van der Waals surface area contributed by atoms with E-state index in [0.717, 1.165) is 12.1 Å². The van der Waals surface area contributed by atoms with Crippen molar-refractivity contribution in [2.75, 3.05) is 0 Å². The van der Waals surface area contributed by atoms with Gasteiger partial charge >= 0.3 is 0 Å². The van der Waals surface area contributed by atoms with Crippen molar-refractivity contribution in [3.8, 4) is 0 Å². The fraction of sp³-hybridized carbons (Fsp3) is 0.125. The van der Waals surface area contributed by atoms with Crippen LogP contribution in [0.1, 0.15) is 10.9 Å². The second-order valence-corrected chi connectivity index (χ2v) is 3.18. The normalized spacial score (nSPS) is 12.6. The predicted octanol–water partition coefficient (Wildman–Crippen LogP) is 3.01. The first-order chi connectivity index (χ1) is 6.00. The highest BCUT2D eigenvalue weighted by Gasteiger charge is 2.16. The van der Waals surface area contributed by atoms with Crippen LogP contribution in [0.25, 0.3) is 0 Å². The molecule has 1 atom stereocenters. The molecule has 0 saturated carbocycles. The summed E-state index contributed by atoms with van der Waals surface area (Å²) in [5.74, 6) is -1.59. The molecule has 0 N–H and O–H groups in total. The Morgan fingerprint density at radius 3 is 2.08 bits per heavy atom. The highest BCUT2D eigenvalue weighted by Crippen LogP contribution is 2.24. The van der Waals surface area contributed by atoms with Gasteiger partial charge in [-0.05, 0) is 29.3 Å². The number of halogens is 4. The Kier molecular flexibility index (Phi) is 3.22. The molecule has 0 saturated heterocycles. The fourth-order valence-electron chi connectivity index (χ4n) is 0.853. The maximum absolute atomic E-state index is 12.6. The van der Waals surface area contributed by atoms with Gasteiger partial charge in [-0.25, -0.2) is 8.78 Å². The molecule has 0 bridgehead atoms. The van der Waals surface area contributed by atoms with E-state index in [-0.39, 0.29) is 5.56 Å². The number of hydrogen-bond acceptors (Lipinski definition) is 1. The molecule has 0 fully saturated rings. The summed E-state index contributed by atoms with van der Waals surface area (Å²) in [5.41, 5.74) is 0.0131. The van der Waals surface area contributed by atoms with E-state index in [9.17, 15) is 13.6 Å². The van der Waals surface area contributed by atoms with E-state index in [4.69, 9.17) is 23.2 Å². The lowest BCUT2D eigenvalue weighted by atomic mass is 10.1. The smallest absolute Gasteiger partial charge is 0.244 e. The average Bonchev–Trinajstić information content (AvgIpc) is 2.01. The Morgan fingerprint density at radius 1 is 1.23 bits per heavy atom. The summed E-state index contributed by atoms with van der Waals surface area (Å²) in [6.45, 7) is 0. The molecule has 1 aromatic rings. The Hall–Kier alpha value is -0.670. The average molecular weight is 225 g/mol. The number of rotatable bonds is 2. The molecule has 70 valence electrons. The van der Waals surface area contributed by atoms with Crippen LogP contribution in [-0.2, 0) is 4.79 Å². The summed E-state index contributed by atoms with van der Waals surface area (Å²) in [7, 11) is 0. The summed E-state index contributed by atoms with van der Waals surface area (Å²) in [6, 6.07) is 2.61. The number of benzene rings is 1. The maximum atomic E-state index is 12.6. The molecule has 0 spiro atoms. The number of carbonyl (C=O) groups is 1. The van der Waals surface area contributed by atoms with E-state index < -0.39 is 22.3 Å². The number of carbonyl (C=O) groups excluding carboxylic acids is 1. The lowest BCUT2D eigenvalue weighted by Gasteiger charge is -2.04. The minimum Gasteiger partial charge on any atom is -0.279 e. The van der Waals surface area contributed by atoms with Crippen molar-refractivity contribution >= 4 is 28.4 Å². The van der Waals surface area contributed by atoms with Crippen molar-refractivity contribution in [3.05, 3.63) is 35.4 Å². The minimum atomic E-state index is -1.22. The highest BCUT2D eigenvalue weighted by atomic mass is 35.5. The third-order valence-electron chi connectivity index (χ3n) is 1.38. The Labute approximate surface area is 83.3 Å². The third kappa shape index (κ3) is 2.64. The van der Waals surface area contributed by atoms with Crippen LogP contribution in [0.3, 0.4) is 0 Å². The Morgan fingerprint density at radius 2 is 1.69 bits per heavy atom. The van der Waals surface area contributed by atoms with Crippen LogP contribution in [0, 0.1) is 11.6 Å². The summed E-state index contributed by atoms with van der Waals surface area (Å²) in [5, 5.41) is -2.08. The quantitative estimate of drug-likeness (QED) is 0.558. The summed E-state index contributed by atoms with van der Waals surface area (Å²) in [4.78, 5) is 10.6. The zero-order chi connectivity index (χ0) is 10.0. The van der Waals surface area contributed by atoms with Gasteiger partial charge in [-0.2, -0.15) is 0 Å². The molecular formula is C8H4Cl2F2O. The van der Waals surface area contributed by atoms with E-state index in [1.165, 1.54) is 0 Å². The van der Waals surface area contributed by atoms with E-state index in [2.05, 4.69) is 0 Å². The zero-order valence-corrected chi connectivity index (χ0v) is 7.74. The van der Waals surface area contributed by atoms with Gasteiger partial charge in [-0.15, -0.1) is 11.6 Å². The van der Waals surface area contributed by atoms with Crippen molar-refractivity contribution in [2.45, 2.75) is 5.38 Å². The van der Waals surface area contributed by atoms with E-state index in [1.807, 2.05) is 0 Å². The van der Waals surface area contributed by atoms with Crippen LogP contribution in [0.5, 0.6) is 0 Å². The molecule has 5 heteroatoms. The molecule has 1 nitrogen and oxygen atoms in total. The molecule has 1 rings (SSSR count). The Bertz CT molecular complexity index is 321. The van der Waals surface area contributed by atoms with Crippen molar-refractivity contribution in [1.82, 2.24) is 0 Å². The lowest BCUT2D eigenvalue weighted by molar-refractivity contribution is -0.111. The van der Waals surface area contributed by atoms with Crippen LogP contribution in [0.4, 0.5) is 8.78 Å². The number of hydrogen-bond donors (Lipinski definition) is 0. The van der Waals surface area contributed by atoms with Gasteiger partial charge in [0.2, 0.25) is 5.24 Å². The molecule has 1 unspecified atom stereocenters. The van der Waals surface area contributed by atoms with E-state index >= 15 is 0 Å². The minimum absolute atomic E-state index is 0.0131. The van der Waals surface area contributed by atoms with Crippen molar-refractivity contribution in [3.63, 3.8) is 0 Å². The van der Waals surface area contributed by atoms with Gasteiger partial charge in [0.15, 0.2) is 0 Å². The monoisotopic (exact) mass is 224 g/mol. The maximum Gasteiger partial charge on any atom is 0.244 e. The summed E-state index contributed by atoms with van der Waals surface area (Å²) < 4.78 is 25.2. The molecule has 0 aliphatic rings. The highest BCUT2D eigenvalue weighted by molar-refractivity contribution is 6.68. The van der Waals surface area contributed by atoms with Crippen molar-refractivity contribution in [2.24, 2.45) is 0 Å². The zero-order valence-electron chi connectivity index (χ0n) is 6.23. The largest absolute Gasteiger partial charge is 0.279 e. The first-order valence-electron chi connectivity index (χ1n) is 3.30. The van der Waals surface area contributed by atoms with Crippen LogP contribution >= 0.6 is 23.2 Å².